The van der Waals surface area contributed by atoms with Crippen molar-refractivity contribution in [2.75, 3.05) is 27.4 Å². The Morgan fingerprint density at radius 1 is 1.17 bits per heavy atom. The van der Waals surface area contributed by atoms with Crippen molar-refractivity contribution in [3.05, 3.63) is 59.9 Å². The fourth-order valence-corrected chi connectivity index (χ4v) is 3.33. The fraction of sp³-hybridized carbons (Fsp3) is 0.333. The van der Waals surface area contributed by atoms with E-state index < -0.39 is 0 Å². The van der Waals surface area contributed by atoms with E-state index in [-0.39, 0.29) is 12.1 Å². The molecule has 0 saturated carbocycles. The number of hydrogen-bond acceptors (Lipinski definition) is 4. The SMILES string of the molecule is COCCN1C(=S)N[C@@H](c2ccccn2)[C@@H]1c1ccc(OC)cc1. The summed E-state index contributed by atoms with van der Waals surface area (Å²) < 4.78 is 10.5. The number of rotatable bonds is 6. The average Bonchev–Trinajstić information content (AvgIpc) is 2.97. The molecule has 5 nitrogen and oxygen atoms in total. The number of aromatic nitrogens is 1. The molecule has 2 aromatic rings. The number of methoxy groups -OCH3 is 2. The number of ether oxygens (including phenoxy) is 2. The molecule has 2 atom stereocenters. The number of hydrogen-bond donors (Lipinski definition) is 1. The molecular formula is C18H21N3O2S. The topological polar surface area (TPSA) is 46.6 Å². The summed E-state index contributed by atoms with van der Waals surface area (Å²) in [6.07, 6.45) is 1.81. The molecule has 0 aliphatic carbocycles. The smallest absolute Gasteiger partial charge is 0.170 e. The number of benzene rings is 1. The molecule has 1 aromatic heterocycles. The summed E-state index contributed by atoms with van der Waals surface area (Å²) >= 11 is 5.56. The van der Waals surface area contributed by atoms with Crippen molar-refractivity contribution in [2.24, 2.45) is 0 Å². The zero-order valence-corrected chi connectivity index (χ0v) is 14.6. The third-order valence-corrected chi connectivity index (χ3v) is 4.54. The van der Waals surface area contributed by atoms with Gasteiger partial charge in [0.15, 0.2) is 5.11 Å². The molecule has 24 heavy (non-hydrogen) atoms. The van der Waals surface area contributed by atoms with Crippen LogP contribution in [0.1, 0.15) is 23.3 Å². The van der Waals surface area contributed by atoms with Crippen LogP contribution in [-0.2, 0) is 4.74 Å². The standard InChI is InChI=1S/C18H21N3O2S/c1-22-12-11-21-17(13-6-8-14(23-2)9-7-13)16(20-18(21)24)15-5-3-4-10-19-15/h3-10,16-17H,11-12H2,1-2H3,(H,20,24)/t16-,17-/m0/s1. The van der Waals surface area contributed by atoms with Crippen molar-refractivity contribution in [1.29, 1.82) is 0 Å². The molecule has 0 bridgehead atoms. The summed E-state index contributed by atoms with van der Waals surface area (Å²) in [6.45, 7) is 1.34. The second kappa shape index (κ2) is 7.59. The summed E-state index contributed by atoms with van der Waals surface area (Å²) in [7, 11) is 3.37. The molecule has 0 spiro atoms. The van der Waals surface area contributed by atoms with Gasteiger partial charge in [-0.3, -0.25) is 4.98 Å². The molecule has 6 heteroatoms. The largest absolute Gasteiger partial charge is 0.497 e. The lowest BCUT2D eigenvalue weighted by atomic mass is 9.97. The Morgan fingerprint density at radius 2 is 1.96 bits per heavy atom. The Hall–Kier alpha value is -2.18. The molecule has 0 unspecified atom stereocenters. The molecule has 1 fully saturated rings. The van der Waals surface area contributed by atoms with Gasteiger partial charge in [-0.25, -0.2) is 0 Å². The van der Waals surface area contributed by atoms with Crippen molar-refractivity contribution < 1.29 is 9.47 Å². The zero-order chi connectivity index (χ0) is 16.9. The molecule has 2 heterocycles. The second-order valence-electron chi connectivity index (χ2n) is 5.59. The summed E-state index contributed by atoms with van der Waals surface area (Å²) in [5.74, 6) is 0.838. The summed E-state index contributed by atoms with van der Waals surface area (Å²) in [5.41, 5.74) is 2.13. The van der Waals surface area contributed by atoms with Crippen LogP contribution in [0.25, 0.3) is 0 Å². The predicted octanol–water partition coefficient (Wildman–Crippen LogP) is 2.71. The lowest BCUT2D eigenvalue weighted by molar-refractivity contribution is 0.164. The van der Waals surface area contributed by atoms with Crippen LogP contribution < -0.4 is 10.1 Å². The minimum absolute atomic E-state index is 0.00366. The second-order valence-corrected chi connectivity index (χ2v) is 5.97. The number of nitrogens with one attached hydrogen (secondary N) is 1. The Labute approximate surface area is 147 Å². The molecule has 0 amide bonds. The maximum absolute atomic E-state index is 5.56. The highest BCUT2D eigenvalue weighted by molar-refractivity contribution is 7.80. The Kier molecular flexibility index (Phi) is 5.27. The first-order valence-corrected chi connectivity index (χ1v) is 8.26. The van der Waals surface area contributed by atoms with Gasteiger partial charge in [-0.2, -0.15) is 0 Å². The van der Waals surface area contributed by atoms with E-state index in [2.05, 4.69) is 27.3 Å². The van der Waals surface area contributed by atoms with Gasteiger partial charge in [-0.1, -0.05) is 18.2 Å². The first-order chi connectivity index (χ1) is 11.7. The van der Waals surface area contributed by atoms with Crippen LogP contribution in [0.4, 0.5) is 0 Å². The fourth-order valence-electron chi connectivity index (χ4n) is 3.00. The van der Waals surface area contributed by atoms with Crippen LogP contribution in [0, 0.1) is 0 Å². The van der Waals surface area contributed by atoms with Crippen molar-refractivity contribution in [2.45, 2.75) is 12.1 Å². The number of thiocarbonyl (C=S) groups is 1. The van der Waals surface area contributed by atoms with Gasteiger partial charge in [0.05, 0.1) is 31.5 Å². The predicted molar refractivity (Wildman–Crippen MR) is 97.0 cm³/mol. The van der Waals surface area contributed by atoms with Crippen LogP contribution >= 0.6 is 12.2 Å². The van der Waals surface area contributed by atoms with E-state index in [0.29, 0.717) is 6.61 Å². The minimum Gasteiger partial charge on any atom is -0.497 e. The Morgan fingerprint density at radius 3 is 2.58 bits per heavy atom. The molecule has 1 aliphatic heterocycles. The zero-order valence-electron chi connectivity index (χ0n) is 13.8. The number of pyridine rings is 1. The van der Waals surface area contributed by atoms with Crippen molar-refractivity contribution >= 4 is 17.3 Å². The maximum atomic E-state index is 5.56. The minimum atomic E-state index is 0.00366. The lowest BCUT2D eigenvalue weighted by Gasteiger charge is -2.27. The van der Waals surface area contributed by atoms with Gasteiger partial charge in [0.1, 0.15) is 5.75 Å². The van der Waals surface area contributed by atoms with Crippen LogP contribution in [0.15, 0.2) is 48.7 Å². The average molecular weight is 343 g/mol. The van der Waals surface area contributed by atoms with Gasteiger partial charge < -0.3 is 19.7 Å². The van der Waals surface area contributed by atoms with Crippen LogP contribution in [-0.4, -0.2) is 42.4 Å². The van der Waals surface area contributed by atoms with E-state index in [1.807, 2.05) is 36.5 Å². The highest BCUT2D eigenvalue weighted by Crippen LogP contribution is 2.38. The van der Waals surface area contributed by atoms with E-state index in [0.717, 1.165) is 28.7 Å². The van der Waals surface area contributed by atoms with Gasteiger partial charge in [0, 0.05) is 19.9 Å². The molecule has 1 saturated heterocycles. The van der Waals surface area contributed by atoms with Crippen molar-refractivity contribution in [3.8, 4) is 5.75 Å². The molecular weight excluding hydrogens is 322 g/mol. The number of nitrogens with zero attached hydrogens (tertiary/aromatic N) is 2. The first-order valence-electron chi connectivity index (χ1n) is 7.85. The summed E-state index contributed by atoms with van der Waals surface area (Å²) in [5, 5.41) is 4.14. The van der Waals surface area contributed by atoms with Crippen LogP contribution in [0.3, 0.4) is 0 Å². The van der Waals surface area contributed by atoms with Crippen LogP contribution in [0.5, 0.6) is 5.75 Å². The molecule has 1 N–H and O–H groups in total. The molecule has 1 aliphatic rings. The Balaban J connectivity index is 1.96. The van der Waals surface area contributed by atoms with Gasteiger partial charge in [-0.15, -0.1) is 0 Å². The highest BCUT2D eigenvalue weighted by Gasteiger charge is 2.39. The highest BCUT2D eigenvalue weighted by atomic mass is 32.1. The molecule has 0 radical (unpaired) electrons. The Bertz CT molecular complexity index is 678. The third kappa shape index (κ3) is 3.34. The van der Waals surface area contributed by atoms with Gasteiger partial charge >= 0.3 is 0 Å². The van der Waals surface area contributed by atoms with Gasteiger partial charge in [-0.05, 0) is 42.0 Å². The van der Waals surface area contributed by atoms with Crippen LogP contribution in [0.2, 0.25) is 0 Å². The van der Waals surface area contributed by atoms with E-state index in [1.54, 1.807) is 14.2 Å². The molecule has 1 aromatic carbocycles. The van der Waals surface area contributed by atoms with Crippen molar-refractivity contribution in [1.82, 2.24) is 15.2 Å². The van der Waals surface area contributed by atoms with E-state index in [9.17, 15) is 0 Å². The van der Waals surface area contributed by atoms with E-state index >= 15 is 0 Å². The van der Waals surface area contributed by atoms with E-state index in [1.165, 1.54) is 0 Å². The van der Waals surface area contributed by atoms with E-state index in [4.69, 9.17) is 21.7 Å². The summed E-state index contributed by atoms with van der Waals surface area (Å²) in [4.78, 5) is 6.68. The summed E-state index contributed by atoms with van der Waals surface area (Å²) in [6, 6.07) is 14.1. The van der Waals surface area contributed by atoms with Crippen molar-refractivity contribution in [3.63, 3.8) is 0 Å². The molecule has 126 valence electrons. The third-order valence-electron chi connectivity index (χ3n) is 4.19. The normalized spacial score (nSPS) is 20.1. The quantitative estimate of drug-likeness (QED) is 0.814. The van der Waals surface area contributed by atoms with Gasteiger partial charge in [0.25, 0.3) is 0 Å². The first kappa shape index (κ1) is 16.7. The maximum Gasteiger partial charge on any atom is 0.170 e. The lowest BCUT2D eigenvalue weighted by Crippen LogP contribution is -2.32. The monoisotopic (exact) mass is 343 g/mol. The van der Waals surface area contributed by atoms with Gasteiger partial charge in [0.2, 0.25) is 0 Å². The molecule has 3 rings (SSSR count).